The number of ether oxygens (including phenoxy) is 1. The topological polar surface area (TPSA) is 34.1 Å². The van der Waals surface area contributed by atoms with Gasteiger partial charge in [-0.05, 0) is 37.5 Å². The zero-order valence-corrected chi connectivity index (χ0v) is 10.4. The second-order valence-electron chi connectivity index (χ2n) is 5.57. The molecule has 0 aromatic carbocycles. The Kier molecular flexibility index (Phi) is 3.50. The first-order chi connectivity index (χ1) is 8.40. The van der Waals surface area contributed by atoms with Crippen LogP contribution < -0.4 is 0 Å². The number of likely N-dealkylation sites (tertiary alicyclic amines) is 1. The Morgan fingerprint density at radius 3 is 2.82 bits per heavy atom. The molecule has 2 aliphatic heterocycles. The summed E-state index contributed by atoms with van der Waals surface area (Å²) in [5.74, 6) is 2.76. The SMILES string of the molecule is C(COC1=NOCC1)CN1CC2CCC(C2)C1. The van der Waals surface area contributed by atoms with E-state index in [0.717, 1.165) is 37.2 Å². The van der Waals surface area contributed by atoms with Crippen molar-refractivity contribution in [1.29, 1.82) is 0 Å². The Morgan fingerprint density at radius 1 is 1.29 bits per heavy atom. The minimum Gasteiger partial charge on any atom is -0.479 e. The molecule has 2 heterocycles. The van der Waals surface area contributed by atoms with Crippen LogP contribution in [0.25, 0.3) is 0 Å². The lowest BCUT2D eigenvalue weighted by Crippen LogP contribution is -2.37. The molecule has 2 bridgehead atoms. The van der Waals surface area contributed by atoms with Gasteiger partial charge in [-0.1, -0.05) is 5.16 Å². The van der Waals surface area contributed by atoms with Crippen LogP contribution in [0.4, 0.5) is 0 Å². The molecule has 17 heavy (non-hydrogen) atoms. The number of fused-ring (bicyclic) bond motifs is 2. The number of hydrogen-bond acceptors (Lipinski definition) is 4. The number of piperidine rings is 1. The van der Waals surface area contributed by atoms with Crippen molar-refractivity contribution in [2.75, 3.05) is 32.8 Å². The molecule has 0 amide bonds. The van der Waals surface area contributed by atoms with Crippen LogP contribution in [-0.4, -0.2) is 43.6 Å². The van der Waals surface area contributed by atoms with Gasteiger partial charge >= 0.3 is 0 Å². The van der Waals surface area contributed by atoms with Crippen molar-refractivity contribution >= 4 is 5.90 Å². The van der Waals surface area contributed by atoms with Gasteiger partial charge in [0.15, 0.2) is 0 Å². The van der Waals surface area contributed by atoms with Crippen molar-refractivity contribution in [3.8, 4) is 0 Å². The lowest BCUT2D eigenvalue weighted by molar-refractivity contribution is 0.153. The van der Waals surface area contributed by atoms with E-state index in [1.54, 1.807) is 0 Å². The number of hydrogen-bond donors (Lipinski definition) is 0. The van der Waals surface area contributed by atoms with E-state index in [9.17, 15) is 0 Å². The summed E-state index contributed by atoms with van der Waals surface area (Å²) in [5, 5.41) is 3.83. The van der Waals surface area contributed by atoms with Gasteiger partial charge in [-0.25, -0.2) is 0 Å². The van der Waals surface area contributed by atoms with Gasteiger partial charge in [-0.3, -0.25) is 0 Å². The highest BCUT2D eigenvalue weighted by Crippen LogP contribution is 2.36. The predicted octanol–water partition coefficient (Wildman–Crippen LogP) is 1.86. The van der Waals surface area contributed by atoms with Crippen LogP contribution in [-0.2, 0) is 9.57 Å². The summed E-state index contributed by atoms with van der Waals surface area (Å²) in [5.41, 5.74) is 0. The Labute approximate surface area is 103 Å². The molecular formula is C13H22N2O2. The lowest BCUT2D eigenvalue weighted by Gasteiger charge is -2.31. The van der Waals surface area contributed by atoms with Crippen molar-refractivity contribution < 1.29 is 9.57 Å². The van der Waals surface area contributed by atoms with Crippen LogP contribution in [0.15, 0.2) is 5.16 Å². The molecule has 3 rings (SSSR count). The second-order valence-corrected chi connectivity index (χ2v) is 5.57. The third-order valence-electron chi connectivity index (χ3n) is 4.14. The molecular weight excluding hydrogens is 216 g/mol. The monoisotopic (exact) mass is 238 g/mol. The summed E-state index contributed by atoms with van der Waals surface area (Å²) in [6.07, 6.45) is 6.37. The third kappa shape index (κ3) is 2.92. The van der Waals surface area contributed by atoms with Crippen LogP contribution in [0.3, 0.4) is 0 Å². The summed E-state index contributed by atoms with van der Waals surface area (Å²) in [6.45, 7) is 5.29. The normalized spacial score (nSPS) is 32.4. The zero-order chi connectivity index (χ0) is 11.5. The molecule has 0 N–H and O–H groups in total. The summed E-state index contributed by atoms with van der Waals surface area (Å²) in [7, 11) is 0. The molecule has 0 spiro atoms. The Balaban J connectivity index is 1.32. The Bertz CT molecular complexity index is 281. The highest BCUT2D eigenvalue weighted by Gasteiger charge is 2.32. The zero-order valence-electron chi connectivity index (χ0n) is 10.4. The van der Waals surface area contributed by atoms with Crippen LogP contribution in [0.2, 0.25) is 0 Å². The smallest absolute Gasteiger partial charge is 0.229 e. The number of oxime groups is 1. The van der Waals surface area contributed by atoms with Gasteiger partial charge in [0.2, 0.25) is 5.90 Å². The molecule has 4 heteroatoms. The molecule has 0 aromatic heterocycles. The molecule has 1 saturated heterocycles. The predicted molar refractivity (Wildman–Crippen MR) is 65.8 cm³/mol. The minimum atomic E-state index is 0.685. The van der Waals surface area contributed by atoms with Crippen molar-refractivity contribution in [3.05, 3.63) is 0 Å². The summed E-state index contributed by atoms with van der Waals surface area (Å²) < 4.78 is 5.56. The summed E-state index contributed by atoms with van der Waals surface area (Å²) in [6, 6.07) is 0. The van der Waals surface area contributed by atoms with Gasteiger partial charge < -0.3 is 14.5 Å². The maximum Gasteiger partial charge on any atom is 0.229 e. The van der Waals surface area contributed by atoms with E-state index in [1.807, 2.05) is 0 Å². The van der Waals surface area contributed by atoms with Crippen molar-refractivity contribution in [1.82, 2.24) is 4.90 Å². The van der Waals surface area contributed by atoms with Gasteiger partial charge in [-0.2, -0.15) is 0 Å². The minimum absolute atomic E-state index is 0.685. The summed E-state index contributed by atoms with van der Waals surface area (Å²) >= 11 is 0. The Morgan fingerprint density at radius 2 is 2.12 bits per heavy atom. The number of nitrogens with zero attached hydrogens (tertiary/aromatic N) is 2. The molecule has 1 aliphatic carbocycles. The molecule has 3 aliphatic rings. The van der Waals surface area contributed by atoms with E-state index in [1.165, 1.54) is 38.9 Å². The van der Waals surface area contributed by atoms with Gasteiger partial charge in [0, 0.05) is 19.6 Å². The molecule has 0 aromatic rings. The molecule has 4 nitrogen and oxygen atoms in total. The molecule has 2 unspecified atom stereocenters. The standard InChI is InChI=1S/C13H22N2O2/c1(6-16-13-4-7-17-14-13)5-15-9-11-2-3-12(8-11)10-15/h11-12H,1-10H2. The first-order valence-corrected chi connectivity index (χ1v) is 6.94. The van der Waals surface area contributed by atoms with Crippen molar-refractivity contribution in [2.24, 2.45) is 17.0 Å². The fourth-order valence-electron chi connectivity index (χ4n) is 3.37. The molecule has 2 atom stereocenters. The molecule has 2 fully saturated rings. The lowest BCUT2D eigenvalue weighted by atomic mass is 9.99. The van der Waals surface area contributed by atoms with E-state index in [-0.39, 0.29) is 0 Å². The molecule has 0 radical (unpaired) electrons. The largest absolute Gasteiger partial charge is 0.479 e. The van der Waals surface area contributed by atoms with E-state index >= 15 is 0 Å². The van der Waals surface area contributed by atoms with Gasteiger partial charge in [0.05, 0.1) is 13.0 Å². The van der Waals surface area contributed by atoms with Crippen LogP contribution in [0.1, 0.15) is 32.1 Å². The van der Waals surface area contributed by atoms with Crippen LogP contribution in [0.5, 0.6) is 0 Å². The Hall–Kier alpha value is -0.770. The maximum absolute atomic E-state index is 5.56. The number of rotatable bonds is 4. The highest BCUT2D eigenvalue weighted by atomic mass is 16.7. The van der Waals surface area contributed by atoms with Gasteiger partial charge in [0.25, 0.3) is 0 Å². The van der Waals surface area contributed by atoms with E-state index in [4.69, 9.17) is 9.57 Å². The van der Waals surface area contributed by atoms with E-state index in [2.05, 4.69) is 10.1 Å². The highest BCUT2D eigenvalue weighted by molar-refractivity contribution is 5.76. The molecule has 96 valence electrons. The molecule has 1 saturated carbocycles. The van der Waals surface area contributed by atoms with Gasteiger partial charge in [0.1, 0.15) is 6.61 Å². The van der Waals surface area contributed by atoms with E-state index in [0.29, 0.717) is 6.61 Å². The fourth-order valence-corrected chi connectivity index (χ4v) is 3.37. The van der Waals surface area contributed by atoms with Crippen LogP contribution >= 0.6 is 0 Å². The van der Waals surface area contributed by atoms with Crippen LogP contribution in [0, 0.1) is 11.8 Å². The first-order valence-electron chi connectivity index (χ1n) is 6.94. The van der Waals surface area contributed by atoms with Crippen molar-refractivity contribution in [3.63, 3.8) is 0 Å². The average molecular weight is 238 g/mol. The second kappa shape index (κ2) is 5.25. The fraction of sp³-hybridized carbons (Fsp3) is 0.923. The van der Waals surface area contributed by atoms with Crippen molar-refractivity contribution in [2.45, 2.75) is 32.1 Å². The third-order valence-corrected chi connectivity index (χ3v) is 4.14. The van der Waals surface area contributed by atoms with Gasteiger partial charge in [-0.15, -0.1) is 0 Å². The maximum atomic E-state index is 5.56. The van der Waals surface area contributed by atoms with E-state index < -0.39 is 0 Å². The quantitative estimate of drug-likeness (QED) is 0.701. The first kappa shape index (κ1) is 11.3. The summed E-state index contributed by atoms with van der Waals surface area (Å²) in [4.78, 5) is 7.52. The average Bonchev–Trinajstić information content (AvgIpc) is 2.95.